The third-order valence-corrected chi connectivity index (χ3v) is 7.22. The van der Waals surface area contributed by atoms with Crippen molar-refractivity contribution in [2.75, 3.05) is 13.1 Å². The van der Waals surface area contributed by atoms with Gasteiger partial charge in [0.25, 0.3) is 0 Å². The normalized spacial score (nSPS) is 20.3. The second-order valence-corrected chi connectivity index (χ2v) is 9.64. The van der Waals surface area contributed by atoms with Crippen LogP contribution in [0.25, 0.3) is 0 Å². The molecule has 3 atom stereocenters. The van der Waals surface area contributed by atoms with Gasteiger partial charge in [0.1, 0.15) is 6.04 Å². The molecule has 0 aromatic heterocycles. The van der Waals surface area contributed by atoms with Crippen LogP contribution in [0.15, 0.2) is 30.4 Å². The van der Waals surface area contributed by atoms with Gasteiger partial charge in [0.2, 0.25) is 23.6 Å². The highest BCUT2D eigenvalue weighted by Gasteiger charge is 2.47. The van der Waals surface area contributed by atoms with Crippen molar-refractivity contribution in [3.8, 4) is 0 Å². The summed E-state index contributed by atoms with van der Waals surface area (Å²) >= 11 is 12.2. The molecule has 1 aliphatic carbocycles. The van der Waals surface area contributed by atoms with Crippen molar-refractivity contribution >= 4 is 46.8 Å². The zero-order valence-corrected chi connectivity index (χ0v) is 21.1. The minimum Gasteiger partial charge on any atom is -0.354 e. The van der Waals surface area contributed by atoms with Crippen LogP contribution in [0.4, 0.5) is 0 Å². The number of likely N-dealkylation sites (tertiary alicyclic amines) is 1. The summed E-state index contributed by atoms with van der Waals surface area (Å²) in [5, 5.41) is 3.62. The Hall–Kier alpha value is -2.38. The molecule has 0 unspecified atom stereocenters. The Balaban J connectivity index is 1.71. The van der Waals surface area contributed by atoms with Crippen molar-refractivity contribution in [2.24, 2.45) is 11.8 Å². The van der Waals surface area contributed by atoms with Crippen LogP contribution in [0.5, 0.6) is 0 Å². The predicted molar refractivity (Wildman–Crippen MR) is 131 cm³/mol. The second-order valence-electron chi connectivity index (χ2n) is 8.82. The molecule has 1 fully saturated rings. The molecule has 1 saturated heterocycles. The van der Waals surface area contributed by atoms with E-state index in [1.54, 1.807) is 25.1 Å². The monoisotopic (exact) mass is 507 g/mol. The van der Waals surface area contributed by atoms with Gasteiger partial charge in [0.15, 0.2) is 0 Å². The van der Waals surface area contributed by atoms with E-state index in [0.717, 1.165) is 18.4 Å². The van der Waals surface area contributed by atoms with Crippen LogP contribution in [0, 0.1) is 11.8 Å². The first-order chi connectivity index (χ1) is 16.2. The Kier molecular flexibility index (Phi) is 9.14. The van der Waals surface area contributed by atoms with Crippen molar-refractivity contribution in [3.63, 3.8) is 0 Å². The molecule has 1 aromatic rings. The maximum absolute atomic E-state index is 13.3. The molecule has 4 amide bonds. The number of fused-ring (bicyclic) bond motifs is 1. The number of carbonyl (C=O) groups excluding carboxylic acids is 4. The van der Waals surface area contributed by atoms with Gasteiger partial charge in [-0.15, -0.1) is 0 Å². The highest BCUT2D eigenvalue weighted by atomic mass is 35.5. The third kappa shape index (κ3) is 5.99. The Bertz CT molecular complexity index is 955. The van der Waals surface area contributed by atoms with Crippen molar-refractivity contribution < 1.29 is 19.2 Å². The van der Waals surface area contributed by atoms with Gasteiger partial charge in [0.05, 0.1) is 21.9 Å². The first-order valence-corrected chi connectivity index (χ1v) is 12.5. The fourth-order valence-electron chi connectivity index (χ4n) is 4.39. The highest BCUT2D eigenvalue weighted by Crippen LogP contribution is 2.35. The summed E-state index contributed by atoms with van der Waals surface area (Å²) < 4.78 is 0. The molecular weight excluding hydrogens is 477 g/mol. The lowest BCUT2D eigenvalue weighted by atomic mass is 9.85. The third-order valence-electron chi connectivity index (χ3n) is 6.48. The number of allylic oxidation sites excluding steroid dienone is 2. The molecule has 184 valence electrons. The fraction of sp³-hybridized carbons (Fsp3) is 0.520. The number of unbranched alkanes of at least 4 members (excludes halogenated alkanes) is 1. The van der Waals surface area contributed by atoms with Crippen molar-refractivity contribution in [1.82, 2.24) is 15.1 Å². The van der Waals surface area contributed by atoms with Gasteiger partial charge in [-0.05, 0) is 43.9 Å². The Morgan fingerprint density at radius 3 is 2.35 bits per heavy atom. The van der Waals surface area contributed by atoms with E-state index in [4.69, 9.17) is 23.2 Å². The molecule has 1 heterocycles. The summed E-state index contributed by atoms with van der Waals surface area (Å²) in [6.45, 7) is 4.38. The van der Waals surface area contributed by atoms with Gasteiger partial charge in [-0.2, -0.15) is 0 Å². The minimum atomic E-state index is -0.740. The molecule has 7 nitrogen and oxygen atoms in total. The molecule has 0 radical (unpaired) electrons. The number of rotatable bonds is 10. The summed E-state index contributed by atoms with van der Waals surface area (Å²) in [5.41, 5.74) is 0.723. The summed E-state index contributed by atoms with van der Waals surface area (Å²) in [4.78, 5) is 54.2. The number of hydrogen-bond donors (Lipinski definition) is 1. The lowest BCUT2D eigenvalue weighted by Crippen LogP contribution is -2.48. The van der Waals surface area contributed by atoms with Gasteiger partial charge in [-0.1, -0.05) is 54.8 Å². The quantitative estimate of drug-likeness (QED) is 0.295. The molecule has 0 bridgehead atoms. The number of hydrogen-bond acceptors (Lipinski definition) is 4. The molecular formula is C25H31Cl2N3O4. The Labute approximate surface area is 210 Å². The summed E-state index contributed by atoms with van der Waals surface area (Å²) in [5.74, 6) is -1.67. The zero-order chi connectivity index (χ0) is 24.8. The van der Waals surface area contributed by atoms with E-state index in [-0.39, 0.29) is 55.0 Å². The summed E-state index contributed by atoms with van der Waals surface area (Å²) in [6.07, 6.45) is 6.69. The molecule has 34 heavy (non-hydrogen) atoms. The van der Waals surface area contributed by atoms with Crippen LogP contribution in [0.1, 0.15) is 51.5 Å². The number of benzene rings is 1. The minimum absolute atomic E-state index is 0.00550. The SMILES string of the molecule is CCCCNC(=O)[C@H](C)N(Cc1ccc(Cl)c(Cl)c1)C(=O)CCN1C(=O)[C@H]2CC=CC[C@H]2C1=O. The van der Waals surface area contributed by atoms with E-state index in [0.29, 0.717) is 29.4 Å². The number of nitrogens with zero attached hydrogens (tertiary/aromatic N) is 2. The smallest absolute Gasteiger partial charge is 0.242 e. The van der Waals surface area contributed by atoms with Gasteiger partial charge in [-0.25, -0.2) is 0 Å². The number of halogens is 2. The second kappa shape index (κ2) is 11.8. The van der Waals surface area contributed by atoms with E-state index in [9.17, 15) is 19.2 Å². The predicted octanol–water partition coefficient (Wildman–Crippen LogP) is 3.97. The highest BCUT2D eigenvalue weighted by molar-refractivity contribution is 6.42. The van der Waals surface area contributed by atoms with E-state index in [1.165, 1.54) is 9.80 Å². The topological polar surface area (TPSA) is 86.8 Å². The largest absolute Gasteiger partial charge is 0.354 e. The van der Waals surface area contributed by atoms with Crippen LogP contribution in [-0.2, 0) is 25.7 Å². The maximum Gasteiger partial charge on any atom is 0.242 e. The molecule has 0 spiro atoms. The van der Waals surface area contributed by atoms with Crippen LogP contribution in [0.2, 0.25) is 10.0 Å². The lowest BCUT2D eigenvalue weighted by molar-refractivity contribution is -0.143. The Morgan fingerprint density at radius 1 is 1.12 bits per heavy atom. The van der Waals surface area contributed by atoms with Gasteiger partial charge in [-0.3, -0.25) is 24.1 Å². The molecule has 0 saturated carbocycles. The molecule has 3 rings (SSSR count). The average Bonchev–Trinajstić information content (AvgIpc) is 3.07. The van der Waals surface area contributed by atoms with Gasteiger partial charge < -0.3 is 10.2 Å². The van der Waals surface area contributed by atoms with Crippen LogP contribution in [0.3, 0.4) is 0 Å². The Morgan fingerprint density at radius 2 is 1.76 bits per heavy atom. The fourth-order valence-corrected chi connectivity index (χ4v) is 4.71. The summed E-state index contributed by atoms with van der Waals surface area (Å²) in [6, 6.07) is 4.32. The van der Waals surface area contributed by atoms with Crippen molar-refractivity contribution in [3.05, 3.63) is 46.0 Å². The van der Waals surface area contributed by atoms with Crippen LogP contribution < -0.4 is 5.32 Å². The maximum atomic E-state index is 13.3. The molecule has 1 N–H and O–H groups in total. The van der Waals surface area contributed by atoms with E-state index in [2.05, 4.69) is 5.32 Å². The van der Waals surface area contributed by atoms with Gasteiger partial charge in [0, 0.05) is 26.1 Å². The average molecular weight is 508 g/mol. The lowest BCUT2D eigenvalue weighted by Gasteiger charge is -2.29. The number of amides is 4. The first kappa shape index (κ1) is 26.2. The van der Waals surface area contributed by atoms with Crippen molar-refractivity contribution in [2.45, 2.75) is 58.5 Å². The number of carbonyl (C=O) groups is 4. The van der Waals surface area contributed by atoms with Crippen LogP contribution >= 0.6 is 23.2 Å². The zero-order valence-electron chi connectivity index (χ0n) is 19.6. The van der Waals surface area contributed by atoms with E-state index < -0.39 is 6.04 Å². The first-order valence-electron chi connectivity index (χ1n) is 11.8. The van der Waals surface area contributed by atoms with Crippen molar-refractivity contribution in [1.29, 1.82) is 0 Å². The van der Waals surface area contributed by atoms with E-state index >= 15 is 0 Å². The molecule has 1 aliphatic heterocycles. The molecule has 9 heteroatoms. The molecule has 2 aliphatic rings. The van der Waals surface area contributed by atoms with Crippen LogP contribution in [-0.4, -0.2) is 52.6 Å². The van der Waals surface area contributed by atoms with Gasteiger partial charge >= 0.3 is 0 Å². The standard InChI is InChI=1S/C25H31Cl2N3O4/c1-3-4-12-28-23(32)16(2)30(15-17-9-10-20(26)21(27)14-17)22(31)11-13-29-24(33)18-7-5-6-8-19(18)25(29)34/h5-6,9-10,14,16,18-19H,3-4,7-8,11-13,15H2,1-2H3,(H,28,32)/t16-,18-,19+/m0/s1. The van der Waals surface area contributed by atoms with E-state index in [1.807, 2.05) is 19.1 Å². The molecule has 1 aromatic carbocycles. The number of nitrogens with one attached hydrogen (secondary N) is 1. The summed E-state index contributed by atoms with van der Waals surface area (Å²) in [7, 11) is 0. The number of imide groups is 1.